The van der Waals surface area contributed by atoms with Crippen molar-refractivity contribution in [2.24, 2.45) is 0 Å². The van der Waals surface area contributed by atoms with Crippen molar-refractivity contribution in [2.75, 3.05) is 0 Å². The van der Waals surface area contributed by atoms with E-state index < -0.39 is 17.4 Å². The molecule has 0 fully saturated rings. The molecule has 2 aromatic rings. The van der Waals surface area contributed by atoms with Crippen molar-refractivity contribution in [2.45, 2.75) is 6.42 Å². The van der Waals surface area contributed by atoms with Crippen LogP contribution in [-0.4, -0.2) is 21.5 Å². The highest BCUT2D eigenvalue weighted by molar-refractivity contribution is 9.10. The van der Waals surface area contributed by atoms with Crippen molar-refractivity contribution in [3.63, 3.8) is 0 Å². The number of hydrogen-bond donors (Lipinski definition) is 0. The molecule has 0 aliphatic rings. The van der Waals surface area contributed by atoms with Gasteiger partial charge >= 0.3 is 0 Å². The van der Waals surface area contributed by atoms with Gasteiger partial charge in [0.15, 0.2) is 11.6 Å². The summed E-state index contributed by atoms with van der Waals surface area (Å²) in [6.45, 7) is 0. The summed E-state index contributed by atoms with van der Waals surface area (Å²) in [4.78, 5) is 31.3. The molecule has 0 N–H and O–H groups in total. The smallest absolute Gasteiger partial charge is 0.207 e. The van der Waals surface area contributed by atoms with Gasteiger partial charge in [-0.1, -0.05) is 0 Å². The Morgan fingerprint density at radius 2 is 1.84 bits per heavy atom. The predicted octanol–water partition coefficient (Wildman–Crippen LogP) is 2.83. The summed E-state index contributed by atoms with van der Waals surface area (Å²) < 4.78 is 13.2. The largest absolute Gasteiger partial charge is 0.294 e. The van der Waals surface area contributed by atoms with Gasteiger partial charge in [-0.3, -0.25) is 9.59 Å². The summed E-state index contributed by atoms with van der Waals surface area (Å²) in [5.74, 6) is -1.35. The minimum Gasteiger partial charge on any atom is -0.294 e. The average Bonchev–Trinajstić information content (AvgIpc) is 2.39. The zero-order chi connectivity index (χ0) is 13.8. The molecular weight excluding hydrogens is 315 g/mol. The van der Waals surface area contributed by atoms with E-state index in [2.05, 4.69) is 25.9 Å². The normalized spacial score (nSPS) is 10.2. The van der Waals surface area contributed by atoms with Crippen LogP contribution in [0.4, 0.5) is 4.39 Å². The second-order valence-corrected chi connectivity index (χ2v) is 4.57. The SMILES string of the molecule is O=C(CC(=O)c1ccc(F)cc1Br)c1ncccn1. The molecule has 19 heavy (non-hydrogen) atoms. The van der Waals surface area contributed by atoms with Crippen LogP contribution in [0.1, 0.15) is 27.4 Å². The van der Waals surface area contributed by atoms with Crippen molar-refractivity contribution in [3.05, 3.63) is 58.3 Å². The minimum absolute atomic E-state index is 0.00548. The Morgan fingerprint density at radius 3 is 2.47 bits per heavy atom. The molecule has 0 atom stereocenters. The zero-order valence-corrected chi connectivity index (χ0v) is 11.2. The first-order valence-electron chi connectivity index (χ1n) is 5.36. The summed E-state index contributed by atoms with van der Waals surface area (Å²) in [5, 5.41) is 0. The van der Waals surface area contributed by atoms with Gasteiger partial charge in [-0.05, 0) is 40.2 Å². The number of Topliss-reactive ketones (excluding diaryl/α,β-unsaturated/α-hetero) is 2. The van der Waals surface area contributed by atoms with Crippen LogP contribution in [0.15, 0.2) is 41.1 Å². The average molecular weight is 323 g/mol. The third-order valence-corrected chi connectivity index (χ3v) is 3.02. The molecule has 1 aromatic carbocycles. The number of carbonyl (C=O) groups excluding carboxylic acids is 2. The van der Waals surface area contributed by atoms with Crippen LogP contribution in [0.3, 0.4) is 0 Å². The molecular formula is C13H8BrFN2O2. The van der Waals surface area contributed by atoms with Crippen molar-refractivity contribution >= 4 is 27.5 Å². The Balaban J connectivity index is 2.15. The molecule has 0 spiro atoms. The molecule has 0 aliphatic carbocycles. The summed E-state index contributed by atoms with van der Waals surface area (Å²) in [6, 6.07) is 5.26. The first kappa shape index (κ1) is 13.5. The second kappa shape index (κ2) is 5.79. The van der Waals surface area contributed by atoms with Crippen molar-refractivity contribution in [1.29, 1.82) is 0 Å². The van der Waals surface area contributed by atoms with E-state index in [1.165, 1.54) is 30.6 Å². The van der Waals surface area contributed by atoms with E-state index in [0.29, 0.717) is 4.47 Å². The van der Waals surface area contributed by atoms with Gasteiger partial charge in [-0.2, -0.15) is 0 Å². The lowest BCUT2D eigenvalue weighted by Crippen LogP contribution is -2.12. The molecule has 0 saturated heterocycles. The fourth-order valence-electron chi connectivity index (χ4n) is 1.48. The maximum atomic E-state index is 12.9. The Kier molecular flexibility index (Phi) is 4.11. The van der Waals surface area contributed by atoms with Gasteiger partial charge in [0.05, 0.1) is 6.42 Å². The molecule has 0 bridgehead atoms. The third-order valence-electron chi connectivity index (χ3n) is 2.37. The molecule has 0 saturated carbocycles. The van der Waals surface area contributed by atoms with Crippen LogP contribution in [-0.2, 0) is 0 Å². The molecule has 2 rings (SSSR count). The van der Waals surface area contributed by atoms with Gasteiger partial charge < -0.3 is 0 Å². The van der Waals surface area contributed by atoms with E-state index in [9.17, 15) is 14.0 Å². The van der Waals surface area contributed by atoms with Crippen LogP contribution in [0.5, 0.6) is 0 Å². The second-order valence-electron chi connectivity index (χ2n) is 3.72. The summed E-state index contributed by atoms with van der Waals surface area (Å²) in [6.07, 6.45) is 2.51. The van der Waals surface area contributed by atoms with Gasteiger partial charge in [0, 0.05) is 22.4 Å². The lowest BCUT2D eigenvalue weighted by atomic mass is 10.1. The Hall–Kier alpha value is -1.95. The van der Waals surface area contributed by atoms with Gasteiger partial charge in [0.2, 0.25) is 5.78 Å². The van der Waals surface area contributed by atoms with E-state index >= 15 is 0 Å². The van der Waals surface area contributed by atoms with Crippen molar-refractivity contribution in [1.82, 2.24) is 9.97 Å². The van der Waals surface area contributed by atoms with Crippen LogP contribution in [0, 0.1) is 5.82 Å². The first-order chi connectivity index (χ1) is 9.08. The standard InChI is InChI=1S/C13H8BrFN2O2/c14-10-6-8(15)2-3-9(10)11(18)7-12(19)13-16-4-1-5-17-13/h1-6H,7H2. The predicted molar refractivity (Wildman–Crippen MR) is 69.4 cm³/mol. The monoisotopic (exact) mass is 322 g/mol. The van der Waals surface area contributed by atoms with E-state index in [1.54, 1.807) is 6.07 Å². The van der Waals surface area contributed by atoms with E-state index in [0.717, 1.165) is 0 Å². The molecule has 4 nitrogen and oxygen atoms in total. The first-order valence-corrected chi connectivity index (χ1v) is 6.15. The number of nitrogens with zero attached hydrogens (tertiary/aromatic N) is 2. The molecule has 0 unspecified atom stereocenters. The number of rotatable bonds is 4. The highest BCUT2D eigenvalue weighted by atomic mass is 79.9. The molecule has 1 heterocycles. The van der Waals surface area contributed by atoms with Crippen molar-refractivity contribution < 1.29 is 14.0 Å². The Labute approximate surface area is 116 Å². The van der Waals surface area contributed by atoms with Crippen molar-refractivity contribution in [3.8, 4) is 0 Å². The maximum Gasteiger partial charge on any atom is 0.207 e. The lowest BCUT2D eigenvalue weighted by Gasteiger charge is -2.03. The summed E-state index contributed by atoms with van der Waals surface area (Å²) >= 11 is 3.09. The fourth-order valence-corrected chi connectivity index (χ4v) is 2.05. The highest BCUT2D eigenvalue weighted by Gasteiger charge is 2.17. The topological polar surface area (TPSA) is 59.9 Å². The number of carbonyl (C=O) groups is 2. The van der Waals surface area contributed by atoms with Crippen LogP contribution >= 0.6 is 15.9 Å². The molecule has 0 amide bonds. The van der Waals surface area contributed by atoms with E-state index in [1.807, 2.05) is 0 Å². The van der Waals surface area contributed by atoms with Crippen LogP contribution < -0.4 is 0 Å². The van der Waals surface area contributed by atoms with Gasteiger partial charge in [-0.15, -0.1) is 0 Å². The summed E-state index contributed by atoms with van der Waals surface area (Å²) in [5.41, 5.74) is 0.255. The number of hydrogen-bond acceptors (Lipinski definition) is 4. The minimum atomic E-state index is -0.471. The molecule has 1 aromatic heterocycles. The Bertz CT molecular complexity index is 632. The molecule has 0 aliphatic heterocycles. The van der Waals surface area contributed by atoms with Crippen LogP contribution in [0.25, 0.3) is 0 Å². The Morgan fingerprint density at radius 1 is 1.16 bits per heavy atom. The molecule has 96 valence electrons. The molecule has 0 radical (unpaired) electrons. The van der Waals surface area contributed by atoms with Gasteiger partial charge in [0.1, 0.15) is 5.82 Å². The zero-order valence-electron chi connectivity index (χ0n) is 9.64. The fraction of sp³-hybridized carbons (Fsp3) is 0.0769. The molecule has 6 heteroatoms. The summed E-state index contributed by atoms with van der Waals surface area (Å²) in [7, 11) is 0. The quantitative estimate of drug-likeness (QED) is 0.641. The number of halogens is 2. The van der Waals surface area contributed by atoms with Gasteiger partial charge in [-0.25, -0.2) is 14.4 Å². The van der Waals surface area contributed by atoms with E-state index in [-0.39, 0.29) is 17.8 Å². The van der Waals surface area contributed by atoms with Crippen LogP contribution in [0.2, 0.25) is 0 Å². The number of benzene rings is 1. The number of aromatic nitrogens is 2. The third kappa shape index (κ3) is 3.29. The highest BCUT2D eigenvalue weighted by Crippen LogP contribution is 2.20. The number of ketones is 2. The maximum absolute atomic E-state index is 12.9. The van der Waals surface area contributed by atoms with Gasteiger partial charge in [0.25, 0.3) is 0 Å². The van der Waals surface area contributed by atoms with E-state index in [4.69, 9.17) is 0 Å². The lowest BCUT2D eigenvalue weighted by molar-refractivity contribution is 0.0888.